The molecule has 0 N–H and O–H groups in total. The van der Waals surface area contributed by atoms with Crippen LogP contribution < -0.4 is 4.90 Å². The van der Waals surface area contributed by atoms with Gasteiger partial charge in [-0.05, 0) is 43.5 Å². The first-order valence-electron chi connectivity index (χ1n) is 8.35. The highest BCUT2D eigenvalue weighted by Gasteiger charge is 2.28. The fourth-order valence-corrected chi connectivity index (χ4v) is 5.39. The van der Waals surface area contributed by atoms with E-state index in [1.54, 1.807) is 23.5 Å². The van der Waals surface area contributed by atoms with E-state index >= 15 is 0 Å². The summed E-state index contributed by atoms with van der Waals surface area (Å²) in [7, 11) is -3.91. The summed E-state index contributed by atoms with van der Waals surface area (Å²) in [6.45, 7) is 5.58. The molecular formula is C17H16ClN5O2S2. The van der Waals surface area contributed by atoms with Crippen molar-refractivity contribution in [2.45, 2.75) is 23.8 Å². The van der Waals surface area contributed by atoms with E-state index in [1.165, 1.54) is 16.6 Å². The molecule has 140 valence electrons. The Hall–Kier alpha value is -2.23. The molecule has 3 aromatic heterocycles. The number of benzene rings is 1. The summed E-state index contributed by atoms with van der Waals surface area (Å²) in [5.41, 5.74) is 0.995. The monoisotopic (exact) mass is 421 g/mol. The van der Waals surface area contributed by atoms with E-state index in [0.29, 0.717) is 5.02 Å². The van der Waals surface area contributed by atoms with Gasteiger partial charge in [-0.15, -0.1) is 16.4 Å². The minimum Gasteiger partial charge on any atom is -0.356 e. The molecule has 0 spiro atoms. The smallest absolute Gasteiger partial charge is 0.229 e. The summed E-state index contributed by atoms with van der Waals surface area (Å²) in [6, 6.07) is 7.99. The lowest BCUT2D eigenvalue weighted by molar-refractivity contribution is 0.592. The van der Waals surface area contributed by atoms with Gasteiger partial charge in [-0.3, -0.25) is 0 Å². The molecule has 4 aromatic rings. The van der Waals surface area contributed by atoms with Crippen molar-refractivity contribution in [1.29, 1.82) is 0 Å². The molecule has 0 saturated carbocycles. The number of halogens is 1. The number of thiophene rings is 1. The second kappa shape index (κ2) is 6.74. The van der Waals surface area contributed by atoms with Crippen LogP contribution in [0.2, 0.25) is 5.02 Å². The predicted molar refractivity (Wildman–Crippen MR) is 107 cm³/mol. The Morgan fingerprint density at radius 2 is 2.00 bits per heavy atom. The first kappa shape index (κ1) is 18.1. The van der Waals surface area contributed by atoms with Crippen molar-refractivity contribution < 1.29 is 8.42 Å². The normalized spacial score (nSPS) is 12.1. The molecule has 0 amide bonds. The fourth-order valence-electron chi connectivity index (χ4n) is 2.97. The third-order valence-electron chi connectivity index (χ3n) is 4.33. The van der Waals surface area contributed by atoms with Crippen LogP contribution in [-0.4, -0.2) is 41.3 Å². The summed E-state index contributed by atoms with van der Waals surface area (Å²) in [5, 5.41) is 10.1. The highest BCUT2D eigenvalue weighted by molar-refractivity contribution is 7.91. The van der Waals surface area contributed by atoms with Crippen LogP contribution >= 0.6 is 22.9 Å². The van der Waals surface area contributed by atoms with Crippen LogP contribution in [0.3, 0.4) is 0 Å². The van der Waals surface area contributed by atoms with Gasteiger partial charge < -0.3 is 4.90 Å². The van der Waals surface area contributed by atoms with Gasteiger partial charge in [0.25, 0.3) is 0 Å². The molecule has 0 aliphatic heterocycles. The average Bonchev–Trinajstić information content (AvgIpc) is 3.29. The van der Waals surface area contributed by atoms with E-state index in [9.17, 15) is 8.42 Å². The largest absolute Gasteiger partial charge is 0.356 e. The zero-order valence-corrected chi connectivity index (χ0v) is 17.0. The molecule has 27 heavy (non-hydrogen) atoms. The first-order chi connectivity index (χ1) is 13.0. The first-order valence-corrected chi connectivity index (χ1v) is 11.1. The third-order valence-corrected chi connectivity index (χ3v) is 7.11. The summed E-state index contributed by atoms with van der Waals surface area (Å²) in [6.07, 6.45) is 0. The average molecular weight is 422 g/mol. The molecule has 10 heteroatoms. The Balaban J connectivity index is 2.02. The lowest BCUT2D eigenvalue weighted by Gasteiger charge is -2.20. The topological polar surface area (TPSA) is 80.5 Å². The fraction of sp³-hybridized carbons (Fsp3) is 0.235. The molecule has 3 heterocycles. The van der Waals surface area contributed by atoms with Crippen LogP contribution in [0.25, 0.3) is 15.9 Å². The maximum Gasteiger partial charge on any atom is 0.229 e. The number of rotatable bonds is 5. The molecule has 0 atom stereocenters. The zero-order valence-electron chi connectivity index (χ0n) is 14.6. The molecule has 0 aliphatic rings. The van der Waals surface area contributed by atoms with E-state index in [2.05, 4.69) is 20.2 Å². The Morgan fingerprint density at radius 1 is 1.22 bits per heavy atom. The minimum atomic E-state index is -3.91. The molecule has 0 aliphatic carbocycles. The number of fused-ring (bicyclic) bond motifs is 3. The van der Waals surface area contributed by atoms with Crippen molar-refractivity contribution in [3.05, 3.63) is 40.7 Å². The van der Waals surface area contributed by atoms with E-state index in [1.807, 2.05) is 25.3 Å². The second-order valence-corrected chi connectivity index (χ2v) is 9.05. The van der Waals surface area contributed by atoms with Gasteiger partial charge in [0.1, 0.15) is 0 Å². The number of nitrogens with zero attached hydrogens (tertiary/aromatic N) is 5. The Bertz CT molecular complexity index is 1240. The number of aromatic nitrogens is 4. The SMILES string of the molecule is CCN(CC)c1nc2c(S(=O)(=O)c3cccc(Cl)c3)nnn2c2ccsc12. The van der Waals surface area contributed by atoms with E-state index in [4.69, 9.17) is 11.6 Å². The summed E-state index contributed by atoms with van der Waals surface area (Å²) < 4.78 is 28.7. The predicted octanol–water partition coefficient (Wildman–Crippen LogP) is 3.67. The van der Waals surface area contributed by atoms with Gasteiger partial charge in [-0.1, -0.05) is 22.9 Å². The van der Waals surface area contributed by atoms with Crippen LogP contribution in [0.5, 0.6) is 0 Å². The van der Waals surface area contributed by atoms with E-state index < -0.39 is 9.84 Å². The summed E-state index contributed by atoms with van der Waals surface area (Å²) in [5.74, 6) is 0.738. The second-order valence-electron chi connectivity index (χ2n) is 5.83. The zero-order chi connectivity index (χ0) is 19.2. The van der Waals surface area contributed by atoms with Crippen molar-refractivity contribution in [2.24, 2.45) is 0 Å². The molecule has 0 bridgehead atoms. The summed E-state index contributed by atoms with van der Waals surface area (Å²) >= 11 is 7.52. The molecule has 0 radical (unpaired) electrons. The van der Waals surface area contributed by atoms with Crippen molar-refractivity contribution >= 4 is 54.5 Å². The Labute approximate surface area is 165 Å². The maximum absolute atomic E-state index is 13.1. The molecule has 4 rings (SSSR count). The molecule has 7 nitrogen and oxygen atoms in total. The number of hydrogen-bond donors (Lipinski definition) is 0. The van der Waals surface area contributed by atoms with Crippen molar-refractivity contribution in [1.82, 2.24) is 19.8 Å². The van der Waals surface area contributed by atoms with Gasteiger partial charge in [0.2, 0.25) is 14.9 Å². The van der Waals surface area contributed by atoms with Crippen molar-refractivity contribution in [3.63, 3.8) is 0 Å². The standard InChI is InChI=1S/C17H16ClN5O2S2/c1-3-22(4-2)15-14-13(8-9-26-14)23-16(19-15)17(20-21-23)27(24,25)12-7-5-6-11(18)10-12/h5-10H,3-4H2,1-2H3. The molecule has 0 fully saturated rings. The Morgan fingerprint density at radius 3 is 2.70 bits per heavy atom. The number of anilines is 1. The van der Waals surface area contributed by atoms with Crippen LogP contribution in [0.1, 0.15) is 13.8 Å². The molecular weight excluding hydrogens is 406 g/mol. The van der Waals surface area contributed by atoms with Crippen LogP contribution in [0.15, 0.2) is 45.6 Å². The summed E-state index contributed by atoms with van der Waals surface area (Å²) in [4.78, 5) is 6.80. The minimum absolute atomic E-state index is 0.0639. The van der Waals surface area contributed by atoms with Crippen molar-refractivity contribution in [3.8, 4) is 0 Å². The van der Waals surface area contributed by atoms with Crippen molar-refractivity contribution in [2.75, 3.05) is 18.0 Å². The highest BCUT2D eigenvalue weighted by Crippen LogP contribution is 2.33. The highest BCUT2D eigenvalue weighted by atomic mass is 35.5. The quantitative estimate of drug-likeness (QED) is 0.489. The lowest BCUT2D eigenvalue weighted by Crippen LogP contribution is -2.23. The maximum atomic E-state index is 13.1. The van der Waals surface area contributed by atoms with E-state index in [0.717, 1.165) is 29.1 Å². The number of hydrogen-bond acceptors (Lipinski definition) is 7. The van der Waals surface area contributed by atoms with Gasteiger partial charge in [0, 0.05) is 18.1 Å². The lowest BCUT2D eigenvalue weighted by atomic mass is 10.4. The van der Waals surface area contributed by atoms with Crippen LogP contribution in [-0.2, 0) is 9.84 Å². The van der Waals surface area contributed by atoms with Crippen LogP contribution in [0.4, 0.5) is 5.82 Å². The third kappa shape index (κ3) is 2.86. The molecule has 1 aromatic carbocycles. The van der Waals surface area contributed by atoms with Gasteiger partial charge in [-0.2, -0.15) is 4.52 Å². The molecule has 0 saturated heterocycles. The number of sulfone groups is 1. The van der Waals surface area contributed by atoms with Gasteiger partial charge in [0.05, 0.1) is 15.1 Å². The van der Waals surface area contributed by atoms with Gasteiger partial charge >= 0.3 is 0 Å². The van der Waals surface area contributed by atoms with Gasteiger partial charge in [0.15, 0.2) is 11.5 Å². The molecule has 0 unspecified atom stereocenters. The van der Waals surface area contributed by atoms with Gasteiger partial charge in [-0.25, -0.2) is 13.4 Å². The van der Waals surface area contributed by atoms with Crippen LogP contribution in [0, 0.1) is 0 Å². The van der Waals surface area contributed by atoms with E-state index in [-0.39, 0.29) is 15.6 Å². The Kier molecular flexibility index (Phi) is 4.53.